The molecule has 0 aliphatic carbocycles. The van der Waals surface area contributed by atoms with Gasteiger partial charge < -0.3 is 9.84 Å². The number of rotatable bonds is 6. The summed E-state index contributed by atoms with van der Waals surface area (Å²) in [7, 11) is 0. The van der Waals surface area contributed by atoms with Crippen molar-refractivity contribution in [2.24, 2.45) is 0 Å². The highest BCUT2D eigenvalue weighted by atomic mass is 35.5. The molecule has 2 aromatic rings. The number of halogens is 1. The van der Waals surface area contributed by atoms with Gasteiger partial charge in [0.1, 0.15) is 12.4 Å². The summed E-state index contributed by atoms with van der Waals surface area (Å²) in [5, 5.41) is 10.8. The van der Waals surface area contributed by atoms with Crippen LogP contribution in [0.1, 0.15) is 26.7 Å². The van der Waals surface area contributed by atoms with E-state index in [4.69, 9.17) is 16.3 Å². The van der Waals surface area contributed by atoms with Crippen LogP contribution in [0.3, 0.4) is 0 Å². The van der Waals surface area contributed by atoms with E-state index in [1.807, 2.05) is 62.4 Å². The second-order valence-corrected chi connectivity index (χ2v) is 5.64. The van der Waals surface area contributed by atoms with Crippen molar-refractivity contribution in [1.29, 1.82) is 0 Å². The van der Waals surface area contributed by atoms with Crippen LogP contribution in [0.25, 0.3) is 11.1 Å². The van der Waals surface area contributed by atoms with Crippen molar-refractivity contribution in [2.45, 2.75) is 32.3 Å². The van der Waals surface area contributed by atoms with E-state index in [1.165, 1.54) is 0 Å². The molecule has 0 fully saturated rings. The number of benzene rings is 2. The minimum atomic E-state index is -0.790. The lowest BCUT2D eigenvalue weighted by Gasteiger charge is -2.25. The minimum absolute atomic E-state index is 0.254. The molecule has 2 aromatic carbocycles. The predicted octanol–water partition coefficient (Wildman–Crippen LogP) is 4.94. The molecule has 0 saturated heterocycles. The van der Waals surface area contributed by atoms with Crippen LogP contribution in [0.15, 0.2) is 48.5 Å². The van der Waals surface area contributed by atoms with Crippen LogP contribution >= 0.6 is 11.6 Å². The number of hydrogen-bond donors (Lipinski definition) is 1. The summed E-state index contributed by atoms with van der Waals surface area (Å²) in [6.07, 6.45) is 1.31. The van der Waals surface area contributed by atoms with Crippen molar-refractivity contribution in [1.82, 2.24) is 0 Å². The molecule has 0 spiro atoms. The third-order valence-electron chi connectivity index (χ3n) is 3.85. The zero-order chi connectivity index (χ0) is 15.3. The van der Waals surface area contributed by atoms with E-state index in [0.717, 1.165) is 11.1 Å². The molecule has 0 radical (unpaired) electrons. The van der Waals surface area contributed by atoms with Gasteiger partial charge in [0.2, 0.25) is 0 Å². The van der Waals surface area contributed by atoms with Crippen LogP contribution in [0.5, 0.6) is 5.75 Å². The third-order valence-corrected chi connectivity index (χ3v) is 4.15. The first-order chi connectivity index (χ1) is 10.1. The molecule has 0 aliphatic rings. The molecule has 2 nitrogen and oxygen atoms in total. The van der Waals surface area contributed by atoms with Gasteiger partial charge in [0.25, 0.3) is 0 Å². The summed E-state index contributed by atoms with van der Waals surface area (Å²) in [6, 6.07) is 15.8. The quantitative estimate of drug-likeness (QED) is 0.819. The van der Waals surface area contributed by atoms with E-state index in [2.05, 4.69) is 0 Å². The summed E-state index contributed by atoms with van der Waals surface area (Å²) in [5.41, 5.74) is 1.38. The van der Waals surface area contributed by atoms with Gasteiger partial charge in [-0.25, -0.2) is 0 Å². The maximum absolute atomic E-state index is 10.2. The maximum atomic E-state index is 10.2. The Morgan fingerprint density at radius 1 is 1.00 bits per heavy atom. The van der Waals surface area contributed by atoms with Crippen LogP contribution in [-0.2, 0) is 0 Å². The van der Waals surface area contributed by atoms with Crippen molar-refractivity contribution in [3.05, 3.63) is 53.6 Å². The first-order valence-electron chi connectivity index (χ1n) is 7.28. The summed E-state index contributed by atoms with van der Waals surface area (Å²) in [6.45, 7) is 4.16. The molecule has 0 aliphatic heterocycles. The molecular formula is C18H21ClO2. The molecule has 3 heteroatoms. The number of ether oxygens (including phenoxy) is 1. The van der Waals surface area contributed by atoms with Gasteiger partial charge in [-0.3, -0.25) is 0 Å². The Morgan fingerprint density at radius 3 is 2.24 bits per heavy atom. The summed E-state index contributed by atoms with van der Waals surface area (Å²) < 4.78 is 5.69. The van der Waals surface area contributed by atoms with Crippen LogP contribution in [-0.4, -0.2) is 17.3 Å². The van der Waals surface area contributed by atoms with Crippen LogP contribution in [0.4, 0.5) is 0 Å². The maximum Gasteiger partial charge on any atom is 0.138 e. The largest absolute Gasteiger partial charge is 0.489 e. The van der Waals surface area contributed by atoms with Crippen molar-refractivity contribution in [3.63, 3.8) is 0 Å². The van der Waals surface area contributed by atoms with Gasteiger partial charge in [-0.15, -0.1) is 0 Å². The molecule has 0 unspecified atom stereocenters. The molecular weight excluding hydrogens is 284 g/mol. The smallest absolute Gasteiger partial charge is 0.138 e. The van der Waals surface area contributed by atoms with Crippen molar-refractivity contribution < 1.29 is 9.84 Å². The summed E-state index contributed by atoms with van der Waals surface area (Å²) in [4.78, 5) is 0. The van der Waals surface area contributed by atoms with E-state index >= 15 is 0 Å². The lowest BCUT2D eigenvalue weighted by Crippen LogP contribution is -2.34. The normalized spacial score (nSPS) is 11.4. The molecule has 0 atom stereocenters. The van der Waals surface area contributed by atoms with Gasteiger partial charge in [0, 0.05) is 0 Å². The Labute approximate surface area is 131 Å². The van der Waals surface area contributed by atoms with Gasteiger partial charge in [-0.1, -0.05) is 61.8 Å². The zero-order valence-electron chi connectivity index (χ0n) is 12.5. The third kappa shape index (κ3) is 3.99. The standard InChI is InChI=1S/C18H21ClO2/c1-3-18(20,4-2)13-21-17-11-10-15(12-16(17)19)14-8-6-5-7-9-14/h5-12,20H,3-4,13H2,1-2H3. The predicted molar refractivity (Wildman–Crippen MR) is 87.9 cm³/mol. The molecule has 0 aromatic heterocycles. The summed E-state index contributed by atoms with van der Waals surface area (Å²) in [5.74, 6) is 0.608. The van der Waals surface area contributed by atoms with Gasteiger partial charge >= 0.3 is 0 Å². The molecule has 0 bridgehead atoms. The number of aliphatic hydroxyl groups is 1. The highest BCUT2D eigenvalue weighted by Gasteiger charge is 2.23. The summed E-state index contributed by atoms with van der Waals surface area (Å²) >= 11 is 6.29. The van der Waals surface area contributed by atoms with Crippen LogP contribution in [0.2, 0.25) is 5.02 Å². The molecule has 0 heterocycles. The second-order valence-electron chi connectivity index (χ2n) is 5.23. The van der Waals surface area contributed by atoms with Gasteiger partial charge in [-0.05, 0) is 36.1 Å². The Hall–Kier alpha value is -1.51. The first kappa shape index (κ1) is 15.9. The molecule has 2 rings (SSSR count). The van der Waals surface area contributed by atoms with Crippen LogP contribution in [0, 0.1) is 0 Å². The fourth-order valence-electron chi connectivity index (χ4n) is 2.09. The Morgan fingerprint density at radius 2 is 1.67 bits per heavy atom. The first-order valence-corrected chi connectivity index (χ1v) is 7.66. The highest BCUT2D eigenvalue weighted by molar-refractivity contribution is 6.32. The SMILES string of the molecule is CCC(O)(CC)COc1ccc(-c2ccccc2)cc1Cl. The molecule has 0 saturated carbocycles. The van der Waals surface area contributed by atoms with Gasteiger partial charge in [-0.2, -0.15) is 0 Å². The van der Waals surface area contributed by atoms with E-state index in [0.29, 0.717) is 23.6 Å². The van der Waals surface area contributed by atoms with Crippen molar-refractivity contribution >= 4 is 11.6 Å². The average Bonchev–Trinajstić information content (AvgIpc) is 2.54. The minimum Gasteiger partial charge on any atom is -0.489 e. The Balaban J connectivity index is 2.13. The molecule has 0 amide bonds. The average molecular weight is 305 g/mol. The lowest BCUT2D eigenvalue weighted by molar-refractivity contribution is -0.0113. The van der Waals surface area contributed by atoms with Crippen LogP contribution < -0.4 is 4.74 Å². The zero-order valence-corrected chi connectivity index (χ0v) is 13.2. The molecule has 1 N–H and O–H groups in total. The Kier molecular flexibility index (Phi) is 5.27. The van der Waals surface area contributed by atoms with Crippen molar-refractivity contribution in [2.75, 3.05) is 6.61 Å². The van der Waals surface area contributed by atoms with E-state index in [1.54, 1.807) is 0 Å². The Bertz CT molecular complexity index is 577. The topological polar surface area (TPSA) is 29.5 Å². The number of hydrogen-bond acceptors (Lipinski definition) is 2. The molecule has 21 heavy (non-hydrogen) atoms. The second kappa shape index (κ2) is 6.97. The van der Waals surface area contributed by atoms with E-state index in [9.17, 15) is 5.11 Å². The lowest BCUT2D eigenvalue weighted by atomic mass is 9.99. The van der Waals surface area contributed by atoms with Crippen molar-refractivity contribution in [3.8, 4) is 16.9 Å². The molecule has 112 valence electrons. The van der Waals surface area contributed by atoms with Gasteiger partial charge in [0.05, 0.1) is 10.6 Å². The fourth-order valence-corrected chi connectivity index (χ4v) is 2.33. The van der Waals surface area contributed by atoms with Gasteiger partial charge in [0.15, 0.2) is 0 Å². The fraction of sp³-hybridized carbons (Fsp3) is 0.333. The monoisotopic (exact) mass is 304 g/mol. The highest BCUT2D eigenvalue weighted by Crippen LogP contribution is 2.31. The van der Waals surface area contributed by atoms with E-state index < -0.39 is 5.60 Å². The van der Waals surface area contributed by atoms with E-state index in [-0.39, 0.29) is 6.61 Å².